The molecule has 19 heavy (non-hydrogen) atoms. The predicted octanol–water partition coefficient (Wildman–Crippen LogP) is 3.95. The molecule has 2 nitrogen and oxygen atoms in total. The van der Waals surface area contributed by atoms with Crippen LogP contribution in [0.2, 0.25) is 0 Å². The first kappa shape index (κ1) is 16.2. The number of carbonyl (C=O) groups is 1. The second kappa shape index (κ2) is 8.34. The average molecular weight is 282 g/mol. The molecule has 1 aromatic carbocycles. The van der Waals surface area contributed by atoms with Gasteiger partial charge in [-0.05, 0) is 32.4 Å². The maximum atomic E-state index is 12.6. The molecule has 3 heteroatoms. The number of unbranched alkanes of at least 4 members (excludes halogenated alkanes) is 1. The van der Waals surface area contributed by atoms with Crippen molar-refractivity contribution in [2.24, 2.45) is 0 Å². The van der Waals surface area contributed by atoms with Gasteiger partial charge in [-0.1, -0.05) is 50.1 Å². The first-order chi connectivity index (χ1) is 8.83. The maximum Gasteiger partial charge on any atom is 0.179 e. The fourth-order valence-corrected chi connectivity index (χ4v) is 2.73. The van der Waals surface area contributed by atoms with Crippen molar-refractivity contribution in [2.45, 2.75) is 45.1 Å². The van der Waals surface area contributed by atoms with Crippen molar-refractivity contribution in [3.05, 3.63) is 35.9 Å². The van der Waals surface area contributed by atoms with Gasteiger partial charge in [-0.2, -0.15) is 0 Å². The van der Waals surface area contributed by atoms with Gasteiger partial charge in [0.1, 0.15) is 0 Å². The molecule has 1 saturated heterocycles. The average Bonchev–Trinajstić information content (AvgIpc) is 2.94. The van der Waals surface area contributed by atoms with E-state index in [1.807, 2.05) is 30.3 Å². The van der Waals surface area contributed by atoms with Gasteiger partial charge < -0.3 is 0 Å². The van der Waals surface area contributed by atoms with E-state index in [-0.39, 0.29) is 18.4 Å². The van der Waals surface area contributed by atoms with Crippen LogP contribution in [0.5, 0.6) is 0 Å². The molecule has 0 bridgehead atoms. The third-order valence-corrected chi connectivity index (χ3v) is 3.77. The van der Waals surface area contributed by atoms with E-state index < -0.39 is 0 Å². The molecule has 1 aromatic rings. The van der Waals surface area contributed by atoms with Crippen LogP contribution in [0.25, 0.3) is 0 Å². The Hall–Kier alpha value is -0.860. The van der Waals surface area contributed by atoms with Gasteiger partial charge in [0.05, 0.1) is 6.04 Å². The van der Waals surface area contributed by atoms with Crippen molar-refractivity contribution >= 4 is 18.2 Å². The Bertz CT molecular complexity index is 374. The SMILES string of the molecule is CCCCC(C(=O)c1ccccc1)N1CCCC1.Cl. The number of nitrogens with zero attached hydrogens (tertiary/aromatic N) is 1. The third-order valence-electron chi connectivity index (χ3n) is 3.77. The largest absolute Gasteiger partial charge is 0.293 e. The van der Waals surface area contributed by atoms with Crippen LogP contribution in [0.3, 0.4) is 0 Å². The van der Waals surface area contributed by atoms with E-state index in [0.29, 0.717) is 5.78 Å². The van der Waals surface area contributed by atoms with Crippen LogP contribution in [-0.2, 0) is 0 Å². The molecule has 106 valence electrons. The number of rotatable bonds is 6. The standard InChI is InChI=1S/C16H23NO.ClH/c1-2-3-11-15(17-12-7-8-13-17)16(18)14-9-5-4-6-10-14;/h4-6,9-10,15H,2-3,7-8,11-13H2,1H3;1H. The molecule has 1 unspecified atom stereocenters. The van der Waals surface area contributed by atoms with Crippen molar-refractivity contribution in [1.82, 2.24) is 4.90 Å². The molecule has 1 atom stereocenters. The van der Waals surface area contributed by atoms with E-state index in [4.69, 9.17) is 0 Å². The summed E-state index contributed by atoms with van der Waals surface area (Å²) in [5, 5.41) is 0. The smallest absolute Gasteiger partial charge is 0.179 e. The normalized spacial score (nSPS) is 16.9. The van der Waals surface area contributed by atoms with E-state index in [9.17, 15) is 4.79 Å². The molecule has 1 aliphatic rings. The van der Waals surface area contributed by atoms with Gasteiger partial charge in [-0.25, -0.2) is 0 Å². The van der Waals surface area contributed by atoms with Gasteiger partial charge in [-0.15, -0.1) is 12.4 Å². The lowest BCUT2D eigenvalue weighted by Crippen LogP contribution is -2.39. The van der Waals surface area contributed by atoms with Crippen molar-refractivity contribution < 1.29 is 4.79 Å². The minimum absolute atomic E-state index is 0. The van der Waals surface area contributed by atoms with Crippen molar-refractivity contribution in [1.29, 1.82) is 0 Å². The number of carbonyl (C=O) groups excluding carboxylic acids is 1. The van der Waals surface area contributed by atoms with E-state index in [1.54, 1.807) is 0 Å². The summed E-state index contributed by atoms with van der Waals surface area (Å²) in [6.07, 6.45) is 5.78. The molecule has 1 aliphatic heterocycles. The lowest BCUT2D eigenvalue weighted by atomic mass is 9.98. The van der Waals surface area contributed by atoms with Crippen molar-refractivity contribution in [3.63, 3.8) is 0 Å². The second-order valence-electron chi connectivity index (χ2n) is 5.13. The van der Waals surface area contributed by atoms with Gasteiger partial charge in [0.25, 0.3) is 0 Å². The fraction of sp³-hybridized carbons (Fsp3) is 0.562. The molecular formula is C16H24ClNO. The highest BCUT2D eigenvalue weighted by molar-refractivity contribution is 6.00. The number of ketones is 1. The van der Waals surface area contributed by atoms with Gasteiger partial charge >= 0.3 is 0 Å². The highest BCUT2D eigenvalue weighted by atomic mass is 35.5. The Kier molecular flexibility index (Phi) is 7.11. The number of halogens is 1. The minimum Gasteiger partial charge on any atom is -0.293 e. The van der Waals surface area contributed by atoms with E-state index in [2.05, 4.69) is 11.8 Å². The lowest BCUT2D eigenvalue weighted by Gasteiger charge is -2.26. The first-order valence-electron chi connectivity index (χ1n) is 7.16. The molecule has 0 aromatic heterocycles. The second-order valence-corrected chi connectivity index (χ2v) is 5.13. The van der Waals surface area contributed by atoms with Gasteiger partial charge in [-0.3, -0.25) is 9.69 Å². The fourth-order valence-electron chi connectivity index (χ4n) is 2.73. The molecule has 1 heterocycles. The number of likely N-dealkylation sites (tertiary alicyclic amines) is 1. The molecule has 0 saturated carbocycles. The third kappa shape index (κ3) is 4.32. The zero-order valence-electron chi connectivity index (χ0n) is 11.7. The van der Waals surface area contributed by atoms with Gasteiger partial charge in [0, 0.05) is 5.56 Å². The predicted molar refractivity (Wildman–Crippen MR) is 82.1 cm³/mol. The summed E-state index contributed by atoms with van der Waals surface area (Å²) < 4.78 is 0. The Labute approximate surface area is 122 Å². The highest BCUT2D eigenvalue weighted by Crippen LogP contribution is 2.20. The van der Waals surface area contributed by atoms with E-state index in [0.717, 1.165) is 37.9 Å². The topological polar surface area (TPSA) is 20.3 Å². The molecular weight excluding hydrogens is 258 g/mol. The van der Waals surface area contributed by atoms with E-state index >= 15 is 0 Å². The van der Waals surface area contributed by atoms with Crippen molar-refractivity contribution in [3.8, 4) is 0 Å². The number of Topliss-reactive ketones (excluding diaryl/α,β-unsaturated/α-hetero) is 1. The lowest BCUT2D eigenvalue weighted by molar-refractivity contribution is 0.0835. The summed E-state index contributed by atoms with van der Waals surface area (Å²) in [6.45, 7) is 4.37. The summed E-state index contributed by atoms with van der Waals surface area (Å²) in [5.74, 6) is 0.311. The molecule has 0 spiro atoms. The van der Waals surface area contributed by atoms with Crippen molar-refractivity contribution in [2.75, 3.05) is 13.1 Å². The quantitative estimate of drug-likeness (QED) is 0.736. The number of hydrogen-bond acceptors (Lipinski definition) is 2. The molecule has 0 aliphatic carbocycles. The van der Waals surface area contributed by atoms with Crippen LogP contribution < -0.4 is 0 Å². The molecule has 0 radical (unpaired) electrons. The van der Waals surface area contributed by atoms with Crippen LogP contribution in [0.15, 0.2) is 30.3 Å². The minimum atomic E-state index is 0. The summed E-state index contributed by atoms with van der Waals surface area (Å²) in [4.78, 5) is 15.0. The van der Waals surface area contributed by atoms with Crippen LogP contribution in [0.1, 0.15) is 49.4 Å². The first-order valence-corrected chi connectivity index (χ1v) is 7.16. The summed E-state index contributed by atoms with van der Waals surface area (Å²) >= 11 is 0. The Morgan fingerprint density at radius 1 is 1.21 bits per heavy atom. The maximum absolute atomic E-state index is 12.6. The zero-order valence-corrected chi connectivity index (χ0v) is 12.5. The molecule has 2 rings (SSSR count). The zero-order chi connectivity index (χ0) is 12.8. The van der Waals surface area contributed by atoms with Crippen LogP contribution in [-0.4, -0.2) is 29.8 Å². The summed E-state index contributed by atoms with van der Waals surface area (Å²) in [5.41, 5.74) is 0.866. The summed E-state index contributed by atoms with van der Waals surface area (Å²) in [6, 6.07) is 9.86. The number of hydrogen-bond donors (Lipinski definition) is 0. The monoisotopic (exact) mass is 281 g/mol. The Morgan fingerprint density at radius 2 is 1.84 bits per heavy atom. The van der Waals surface area contributed by atoms with Crippen LogP contribution in [0, 0.1) is 0 Å². The Morgan fingerprint density at radius 3 is 2.42 bits per heavy atom. The number of benzene rings is 1. The summed E-state index contributed by atoms with van der Waals surface area (Å²) in [7, 11) is 0. The highest BCUT2D eigenvalue weighted by Gasteiger charge is 2.27. The Balaban J connectivity index is 0.00000180. The van der Waals surface area contributed by atoms with Crippen LogP contribution >= 0.6 is 12.4 Å². The van der Waals surface area contributed by atoms with Crippen LogP contribution in [0.4, 0.5) is 0 Å². The van der Waals surface area contributed by atoms with Gasteiger partial charge in [0.2, 0.25) is 0 Å². The molecule has 1 fully saturated rings. The molecule has 0 N–H and O–H groups in total. The molecule has 0 amide bonds. The van der Waals surface area contributed by atoms with Gasteiger partial charge in [0.15, 0.2) is 5.78 Å². The van der Waals surface area contributed by atoms with E-state index in [1.165, 1.54) is 12.8 Å².